The Morgan fingerprint density at radius 2 is 1.81 bits per heavy atom. The van der Waals surface area contributed by atoms with Crippen LogP contribution in [0.5, 0.6) is 0 Å². The first-order valence-electron chi connectivity index (χ1n) is 12.0. The zero-order valence-electron chi connectivity index (χ0n) is 18.2. The molecule has 2 heterocycles. The number of carbonyl (C=O) groups is 2. The van der Waals surface area contributed by atoms with Gasteiger partial charge in [0.05, 0.1) is 0 Å². The molecule has 5 rings (SSSR count). The first-order chi connectivity index (χ1) is 15.2. The van der Waals surface area contributed by atoms with Crippen LogP contribution >= 0.6 is 0 Å². The summed E-state index contributed by atoms with van der Waals surface area (Å²) < 4.78 is 6.11. The fraction of sp³-hybridized carbons (Fsp3) is 0.538. The number of nitrogens with one attached hydrogen (secondary N) is 1. The van der Waals surface area contributed by atoms with Crippen molar-refractivity contribution < 1.29 is 14.0 Å². The summed E-state index contributed by atoms with van der Waals surface area (Å²) in [5, 5.41) is 3.02. The minimum atomic E-state index is 0.101. The quantitative estimate of drug-likeness (QED) is 0.667. The summed E-state index contributed by atoms with van der Waals surface area (Å²) in [4.78, 5) is 26.8. The summed E-state index contributed by atoms with van der Waals surface area (Å²) in [6.07, 6.45) is 10.9. The molecule has 2 fully saturated rings. The van der Waals surface area contributed by atoms with Gasteiger partial charge in [-0.1, -0.05) is 32.1 Å². The molecule has 0 unspecified atom stereocenters. The highest BCUT2D eigenvalue weighted by atomic mass is 16.3. The number of rotatable bonds is 6. The van der Waals surface area contributed by atoms with Gasteiger partial charge >= 0.3 is 0 Å². The van der Waals surface area contributed by atoms with E-state index in [-0.39, 0.29) is 11.8 Å². The Kier molecular flexibility index (Phi) is 5.84. The van der Waals surface area contributed by atoms with Gasteiger partial charge < -0.3 is 14.6 Å². The molecule has 2 aliphatic carbocycles. The van der Waals surface area contributed by atoms with Crippen LogP contribution in [0.1, 0.15) is 69.1 Å². The van der Waals surface area contributed by atoms with E-state index in [1.807, 2.05) is 29.2 Å². The molecule has 1 N–H and O–H groups in total. The predicted octanol–water partition coefficient (Wildman–Crippen LogP) is 5.54. The highest BCUT2D eigenvalue weighted by Crippen LogP contribution is 2.33. The van der Waals surface area contributed by atoms with Crippen LogP contribution in [0.4, 0.5) is 5.69 Å². The highest BCUT2D eigenvalue weighted by Gasteiger charge is 2.32. The SMILES string of the molecule is O=C(CCC1CCCC1)Nc1ccc(-c2cc3c(o2)CCN(C(=O)C2CCC2)C3)cc1. The number of furan rings is 1. The molecule has 5 nitrogen and oxygen atoms in total. The molecule has 0 bridgehead atoms. The lowest BCUT2D eigenvalue weighted by atomic mass is 9.84. The van der Waals surface area contributed by atoms with Crippen molar-refractivity contribution in [3.8, 4) is 11.3 Å². The van der Waals surface area contributed by atoms with E-state index in [0.29, 0.717) is 18.9 Å². The summed E-state index contributed by atoms with van der Waals surface area (Å²) in [6.45, 7) is 1.41. The van der Waals surface area contributed by atoms with Crippen molar-refractivity contribution in [2.24, 2.45) is 11.8 Å². The van der Waals surface area contributed by atoms with Gasteiger partial charge in [-0.3, -0.25) is 9.59 Å². The molecule has 0 saturated heterocycles. The Balaban J connectivity index is 1.18. The smallest absolute Gasteiger partial charge is 0.225 e. The van der Waals surface area contributed by atoms with Crippen molar-refractivity contribution in [2.45, 2.75) is 70.8 Å². The van der Waals surface area contributed by atoms with Gasteiger partial charge in [-0.15, -0.1) is 0 Å². The lowest BCUT2D eigenvalue weighted by Gasteiger charge is -2.33. The third kappa shape index (κ3) is 4.56. The Morgan fingerprint density at radius 3 is 2.52 bits per heavy atom. The molecule has 0 spiro atoms. The lowest BCUT2D eigenvalue weighted by Crippen LogP contribution is -2.41. The van der Waals surface area contributed by atoms with Gasteiger partial charge in [-0.25, -0.2) is 0 Å². The van der Waals surface area contributed by atoms with Crippen LogP contribution in [0.3, 0.4) is 0 Å². The van der Waals surface area contributed by atoms with E-state index in [9.17, 15) is 9.59 Å². The third-order valence-corrected chi connectivity index (χ3v) is 7.34. The summed E-state index contributed by atoms with van der Waals surface area (Å²) in [5.74, 6) is 3.22. The second-order valence-corrected chi connectivity index (χ2v) is 9.51. The summed E-state index contributed by atoms with van der Waals surface area (Å²) in [6, 6.07) is 9.94. The zero-order chi connectivity index (χ0) is 21.2. The van der Waals surface area contributed by atoms with E-state index < -0.39 is 0 Å². The largest absolute Gasteiger partial charge is 0.461 e. The minimum Gasteiger partial charge on any atom is -0.461 e. The maximum Gasteiger partial charge on any atom is 0.225 e. The van der Waals surface area contributed by atoms with E-state index in [0.717, 1.165) is 66.5 Å². The minimum absolute atomic E-state index is 0.101. The number of benzene rings is 1. The van der Waals surface area contributed by atoms with E-state index in [1.54, 1.807) is 0 Å². The topological polar surface area (TPSA) is 62.6 Å². The second kappa shape index (κ2) is 8.89. The Morgan fingerprint density at radius 1 is 1.03 bits per heavy atom. The zero-order valence-corrected chi connectivity index (χ0v) is 18.2. The van der Waals surface area contributed by atoms with Crippen LogP contribution in [0.25, 0.3) is 11.3 Å². The van der Waals surface area contributed by atoms with Crippen molar-refractivity contribution in [1.82, 2.24) is 4.90 Å². The third-order valence-electron chi connectivity index (χ3n) is 7.34. The number of nitrogens with zero attached hydrogens (tertiary/aromatic N) is 1. The fourth-order valence-corrected chi connectivity index (χ4v) is 5.15. The number of fused-ring (bicyclic) bond motifs is 1. The maximum atomic E-state index is 12.6. The summed E-state index contributed by atoms with van der Waals surface area (Å²) in [7, 11) is 0. The molecular formula is C26H32N2O3. The van der Waals surface area contributed by atoms with Crippen LogP contribution in [0, 0.1) is 11.8 Å². The molecule has 0 atom stereocenters. The Labute approximate surface area is 184 Å². The van der Waals surface area contributed by atoms with Crippen LogP contribution in [-0.4, -0.2) is 23.3 Å². The van der Waals surface area contributed by atoms with Crippen LogP contribution < -0.4 is 5.32 Å². The van der Waals surface area contributed by atoms with Gasteiger partial charge in [0.25, 0.3) is 0 Å². The number of hydrogen-bond donors (Lipinski definition) is 1. The van der Waals surface area contributed by atoms with E-state index in [1.165, 1.54) is 32.1 Å². The van der Waals surface area contributed by atoms with E-state index in [4.69, 9.17) is 4.42 Å². The van der Waals surface area contributed by atoms with Crippen molar-refractivity contribution in [3.63, 3.8) is 0 Å². The predicted molar refractivity (Wildman–Crippen MR) is 120 cm³/mol. The standard InChI is InChI=1S/C26H32N2O3/c29-25(13-8-18-4-1-2-5-18)27-22-11-9-19(10-12-22)24-16-21-17-28(15-14-23(21)31-24)26(30)20-6-3-7-20/h9-12,16,18,20H,1-8,13-15,17H2,(H,27,29). The van der Waals surface area contributed by atoms with E-state index >= 15 is 0 Å². The number of carbonyl (C=O) groups excluding carboxylic acids is 2. The van der Waals surface area contributed by atoms with Crippen LogP contribution in [0.15, 0.2) is 34.7 Å². The summed E-state index contributed by atoms with van der Waals surface area (Å²) >= 11 is 0. The Bertz CT molecular complexity index is 936. The molecular weight excluding hydrogens is 388 g/mol. The fourth-order valence-electron chi connectivity index (χ4n) is 5.15. The molecule has 1 aliphatic heterocycles. The molecule has 2 amide bonds. The monoisotopic (exact) mass is 420 g/mol. The van der Waals surface area contributed by atoms with Crippen LogP contribution in [0.2, 0.25) is 0 Å². The van der Waals surface area contributed by atoms with Crippen molar-refractivity contribution in [1.29, 1.82) is 0 Å². The maximum absolute atomic E-state index is 12.6. The first-order valence-corrected chi connectivity index (χ1v) is 12.0. The normalized spacial score (nSPS) is 19.2. The molecule has 0 radical (unpaired) electrons. The van der Waals surface area contributed by atoms with Gasteiger partial charge in [-0.2, -0.15) is 0 Å². The number of hydrogen-bond acceptors (Lipinski definition) is 3. The van der Waals surface area contributed by atoms with Gasteiger partial charge in [0.1, 0.15) is 11.5 Å². The first kappa shape index (κ1) is 20.3. The van der Waals surface area contributed by atoms with Gasteiger partial charge in [0.2, 0.25) is 11.8 Å². The molecule has 1 aromatic carbocycles. The average Bonchev–Trinajstić information content (AvgIpc) is 3.40. The van der Waals surface area contributed by atoms with Gasteiger partial charge in [-0.05, 0) is 55.5 Å². The van der Waals surface area contributed by atoms with Gasteiger partial charge in [0.15, 0.2) is 0 Å². The van der Waals surface area contributed by atoms with Gasteiger partial charge in [0, 0.05) is 48.7 Å². The molecule has 5 heteroatoms. The van der Waals surface area contributed by atoms with Crippen LogP contribution in [-0.2, 0) is 22.6 Å². The molecule has 2 saturated carbocycles. The molecule has 1 aromatic heterocycles. The highest BCUT2D eigenvalue weighted by molar-refractivity contribution is 5.90. The van der Waals surface area contributed by atoms with Crippen molar-refractivity contribution in [3.05, 3.63) is 41.7 Å². The molecule has 3 aliphatic rings. The van der Waals surface area contributed by atoms with Crippen molar-refractivity contribution in [2.75, 3.05) is 11.9 Å². The average molecular weight is 421 g/mol. The Hall–Kier alpha value is -2.56. The summed E-state index contributed by atoms with van der Waals surface area (Å²) in [5.41, 5.74) is 2.95. The molecule has 164 valence electrons. The van der Waals surface area contributed by atoms with E-state index in [2.05, 4.69) is 11.4 Å². The number of anilines is 1. The molecule has 31 heavy (non-hydrogen) atoms. The lowest BCUT2D eigenvalue weighted by molar-refractivity contribution is -0.139. The number of amides is 2. The second-order valence-electron chi connectivity index (χ2n) is 9.51. The molecule has 2 aromatic rings. The van der Waals surface area contributed by atoms with Crippen molar-refractivity contribution >= 4 is 17.5 Å².